The van der Waals surface area contributed by atoms with Crippen LogP contribution in [-0.4, -0.2) is 65.1 Å². The molecule has 1 aromatic rings. The van der Waals surface area contributed by atoms with E-state index in [4.69, 9.17) is 4.74 Å². The quantitative estimate of drug-likeness (QED) is 0.648. The molecule has 1 saturated heterocycles. The minimum absolute atomic E-state index is 0.0411. The molecule has 0 radical (unpaired) electrons. The molecule has 1 fully saturated rings. The van der Waals surface area contributed by atoms with Gasteiger partial charge in [-0.2, -0.15) is 0 Å². The van der Waals surface area contributed by atoms with Crippen LogP contribution >= 0.6 is 23.5 Å². The molecule has 2 amide bonds. The first kappa shape index (κ1) is 21.7. The molecule has 0 saturated carbocycles. The zero-order chi connectivity index (χ0) is 20.2. The smallest absolute Gasteiger partial charge is 0.260 e. The number of benzene rings is 1. The van der Waals surface area contributed by atoms with Crippen LogP contribution in [-0.2, 0) is 16.0 Å². The van der Waals surface area contributed by atoms with E-state index in [1.807, 2.05) is 56.7 Å². The van der Waals surface area contributed by atoms with E-state index in [-0.39, 0.29) is 11.8 Å². The molecule has 1 aromatic carbocycles. The number of hydrogen-bond acceptors (Lipinski definition) is 5. The zero-order valence-electron chi connectivity index (χ0n) is 16.8. The van der Waals surface area contributed by atoms with Crippen LogP contribution in [0, 0.1) is 0 Å². The Balaban J connectivity index is 2.21. The second-order valence-corrected chi connectivity index (χ2v) is 8.80. The number of carbonyl (C=O) groups excluding carboxylic acids is 2. The van der Waals surface area contributed by atoms with Crippen molar-refractivity contribution < 1.29 is 14.3 Å². The van der Waals surface area contributed by atoms with Gasteiger partial charge in [-0.1, -0.05) is 17.7 Å². The lowest BCUT2D eigenvalue weighted by atomic mass is 10.0. The van der Waals surface area contributed by atoms with Gasteiger partial charge in [-0.15, -0.1) is 23.5 Å². The summed E-state index contributed by atoms with van der Waals surface area (Å²) in [5.41, 5.74) is 2.20. The Morgan fingerprint density at radius 1 is 1.19 bits per heavy atom. The first-order valence-electron chi connectivity index (χ1n) is 8.74. The van der Waals surface area contributed by atoms with E-state index in [1.54, 1.807) is 23.9 Å². The maximum atomic E-state index is 13.1. The maximum Gasteiger partial charge on any atom is 0.260 e. The third-order valence-corrected chi connectivity index (χ3v) is 6.99. The molecule has 148 valence electrons. The summed E-state index contributed by atoms with van der Waals surface area (Å²) in [5.74, 6) is 0.703. The van der Waals surface area contributed by atoms with E-state index in [1.165, 1.54) is 29.1 Å². The van der Waals surface area contributed by atoms with Crippen LogP contribution in [0.2, 0.25) is 0 Å². The lowest BCUT2D eigenvalue weighted by Gasteiger charge is -2.48. The second kappa shape index (κ2) is 9.06. The van der Waals surface area contributed by atoms with Crippen LogP contribution in [0.5, 0.6) is 5.75 Å². The molecule has 1 aliphatic rings. The molecule has 2 rings (SSSR count). The van der Waals surface area contributed by atoms with Crippen LogP contribution < -0.4 is 4.74 Å². The second-order valence-electron chi connectivity index (χ2n) is 6.80. The number of hydrogen-bond donors (Lipinski definition) is 0. The number of amides is 2. The predicted molar refractivity (Wildman–Crippen MR) is 114 cm³/mol. The average Bonchev–Trinajstić information content (AvgIpc) is 2.65. The average molecular weight is 409 g/mol. The Kier molecular flexibility index (Phi) is 7.28. The standard InChI is InChI=1S/C20H28N2O3S2/c1-14(2)11-12-25-16-9-7-15(8-10-16)13-20(27-6)19(24)21(3)18(26-5)17(23)22(20)4/h7-11,18H,12-13H2,1-6H3/t18-,20+/m0/s1. The Bertz CT molecular complexity index is 716. The van der Waals surface area contributed by atoms with Gasteiger partial charge in [-0.05, 0) is 50.1 Å². The molecule has 7 heteroatoms. The van der Waals surface area contributed by atoms with Gasteiger partial charge in [-0.25, -0.2) is 0 Å². The summed E-state index contributed by atoms with van der Waals surface area (Å²) in [4.78, 5) is 28.2. The normalized spacial score (nSPS) is 22.8. The number of allylic oxidation sites excluding steroid dienone is 1. The van der Waals surface area contributed by atoms with Gasteiger partial charge in [0.15, 0.2) is 10.2 Å². The monoisotopic (exact) mass is 408 g/mol. The SMILES string of the molecule is CS[C@H]1C(=O)N(C)[C@](Cc2ccc(OCC=C(C)C)cc2)(SC)C(=O)N1C. The Morgan fingerprint density at radius 3 is 2.33 bits per heavy atom. The highest BCUT2D eigenvalue weighted by Gasteiger charge is 2.53. The van der Waals surface area contributed by atoms with Gasteiger partial charge in [-0.3, -0.25) is 9.59 Å². The van der Waals surface area contributed by atoms with Gasteiger partial charge in [0, 0.05) is 20.5 Å². The molecule has 2 atom stereocenters. The molecule has 1 aliphatic heterocycles. The number of thioether (sulfide) groups is 2. The summed E-state index contributed by atoms with van der Waals surface area (Å²) in [5, 5.41) is -0.464. The molecule has 0 bridgehead atoms. The molecule has 27 heavy (non-hydrogen) atoms. The van der Waals surface area contributed by atoms with E-state index in [0.717, 1.165) is 11.3 Å². The van der Waals surface area contributed by atoms with Crippen LogP contribution in [0.4, 0.5) is 0 Å². The third-order valence-electron chi connectivity index (χ3n) is 4.76. The van der Waals surface area contributed by atoms with Crippen molar-refractivity contribution in [3.63, 3.8) is 0 Å². The number of likely N-dealkylation sites (N-methyl/N-ethyl adjacent to an activating group) is 2. The van der Waals surface area contributed by atoms with E-state index in [9.17, 15) is 9.59 Å². The van der Waals surface area contributed by atoms with Crippen molar-refractivity contribution in [3.8, 4) is 5.75 Å². The fourth-order valence-corrected chi connectivity index (χ4v) is 4.83. The number of piperazine rings is 1. The van der Waals surface area contributed by atoms with Crippen molar-refractivity contribution in [3.05, 3.63) is 41.5 Å². The summed E-state index contributed by atoms with van der Waals surface area (Å²) < 4.78 is 5.69. The first-order valence-corrected chi connectivity index (χ1v) is 11.3. The minimum Gasteiger partial charge on any atom is -0.490 e. The van der Waals surface area contributed by atoms with Crippen molar-refractivity contribution in [2.75, 3.05) is 33.2 Å². The Morgan fingerprint density at radius 2 is 1.81 bits per heavy atom. The topological polar surface area (TPSA) is 49.9 Å². The van der Waals surface area contributed by atoms with Gasteiger partial charge < -0.3 is 14.5 Å². The molecule has 0 aromatic heterocycles. The first-order chi connectivity index (χ1) is 12.8. The third kappa shape index (κ3) is 4.46. The lowest BCUT2D eigenvalue weighted by Crippen LogP contribution is -2.68. The highest BCUT2D eigenvalue weighted by atomic mass is 32.2. The van der Waals surface area contributed by atoms with E-state index in [2.05, 4.69) is 0 Å². The molecular weight excluding hydrogens is 380 g/mol. The number of rotatable bonds is 7. The molecular formula is C20H28N2O3S2. The molecule has 0 spiro atoms. The molecule has 0 unspecified atom stereocenters. The highest BCUT2D eigenvalue weighted by molar-refractivity contribution is 8.01. The zero-order valence-corrected chi connectivity index (χ0v) is 18.4. The van der Waals surface area contributed by atoms with Crippen LogP contribution in [0.25, 0.3) is 0 Å². The van der Waals surface area contributed by atoms with Crippen molar-refractivity contribution in [1.29, 1.82) is 0 Å². The maximum absolute atomic E-state index is 13.1. The number of nitrogens with zero attached hydrogens (tertiary/aromatic N) is 2. The molecule has 1 heterocycles. The van der Waals surface area contributed by atoms with E-state index < -0.39 is 10.2 Å². The van der Waals surface area contributed by atoms with Crippen LogP contribution in [0.3, 0.4) is 0 Å². The summed E-state index contributed by atoms with van der Waals surface area (Å²) >= 11 is 2.79. The minimum atomic E-state index is -0.928. The molecule has 0 aliphatic carbocycles. The van der Waals surface area contributed by atoms with E-state index in [0.29, 0.717) is 13.0 Å². The predicted octanol–water partition coefficient (Wildman–Crippen LogP) is 3.25. The van der Waals surface area contributed by atoms with Crippen LogP contribution in [0.1, 0.15) is 19.4 Å². The van der Waals surface area contributed by atoms with Crippen molar-refractivity contribution in [1.82, 2.24) is 9.80 Å². The Labute approximate surface area is 170 Å². The highest BCUT2D eigenvalue weighted by Crippen LogP contribution is 2.39. The van der Waals surface area contributed by atoms with Gasteiger partial charge >= 0.3 is 0 Å². The summed E-state index contributed by atoms with van der Waals surface area (Å²) in [6.07, 6.45) is 6.21. The number of ether oxygens (including phenoxy) is 1. The number of carbonyl (C=O) groups is 2. The Hall–Kier alpha value is -1.60. The van der Waals surface area contributed by atoms with Crippen molar-refractivity contribution in [2.45, 2.75) is 30.5 Å². The largest absolute Gasteiger partial charge is 0.490 e. The van der Waals surface area contributed by atoms with Crippen molar-refractivity contribution >= 4 is 35.3 Å². The van der Waals surface area contributed by atoms with Gasteiger partial charge in [0.05, 0.1) is 0 Å². The fraction of sp³-hybridized carbons (Fsp3) is 0.500. The molecule has 0 N–H and O–H groups in total. The summed E-state index contributed by atoms with van der Waals surface area (Å²) in [6, 6.07) is 7.74. The van der Waals surface area contributed by atoms with Gasteiger partial charge in [0.2, 0.25) is 0 Å². The van der Waals surface area contributed by atoms with E-state index >= 15 is 0 Å². The van der Waals surface area contributed by atoms with Gasteiger partial charge in [0.25, 0.3) is 11.8 Å². The van der Waals surface area contributed by atoms with Crippen LogP contribution in [0.15, 0.2) is 35.9 Å². The summed E-state index contributed by atoms with van der Waals surface area (Å²) in [6.45, 7) is 4.60. The van der Waals surface area contributed by atoms with Crippen molar-refractivity contribution in [2.24, 2.45) is 0 Å². The summed E-state index contributed by atoms with van der Waals surface area (Å²) in [7, 11) is 3.43. The molecule has 5 nitrogen and oxygen atoms in total. The van der Waals surface area contributed by atoms with Gasteiger partial charge in [0.1, 0.15) is 12.4 Å². The fourth-order valence-electron chi connectivity index (χ4n) is 3.07. The lowest BCUT2D eigenvalue weighted by molar-refractivity contribution is -0.156.